The van der Waals surface area contributed by atoms with E-state index < -0.39 is 26.4 Å². The third kappa shape index (κ3) is 2.52. The molecule has 0 aliphatic rings. The summed E-state index contributed by atoms with van der Waals surface area (Å²) in [7, 11) is -4.06. The van der Waals surface area contributed by atoms with E-state index in [0.29, 0.717) is 0 Å². The van der Waals surface area contributed by atoms with E-state index in [-0.39, 0.29) is 11.5 Å². The molecule has 0 aliphatic carbocycles. The van der Waals surface area contributed by atoms with Gasteiger partial charge in [0.15, 0.2) is 11.5 Å². The van der Waals surface area contributed by atoms with Gasteiger partial charge in [-0.25, -0.2) is 13.4 Å². The molecule has 5 N–H and O–H groups in total. The Balaban J connectivity index is 2.44. The zero-order chi connectivity index (χ0) is 14.0. The highest BCUT2D eigenvalue weighted by molar-refractivity contribution is 7.92. The summed E-state index contributed by atoms with van der Waals surface area (Å²) in [4.78, 5) is 3.32. The van der Waals surface area contributed by atoms with Crippen LogP contribution in [0.15, 0.2) is 41.4 Å². The molecule has 8 heteroatoms. The lowest BCUT2D eigenvalue weighted by Crippen LogP contribution is -2.14. The first-order chi connectivity index (χ1) is 8.92. The maximum Gasteiger partial charge on any atom is 0.266 e. The van der Waals surface area contributed by atoms with Gasteiger partial charge in [0, 0.05) is 6.20 Å². The number of hydrogen-bond donors (Lipinski definition) is 4. The second kappa shape index (κ2) is 4.65. The Hall–Kier alpha value is -2.48. The van der Waals surface area contributed by atoms with Gasteiger partial charge in [0.2, 0.25) is 0 Å². The first-order valence-corrected chi connectivity index (χ1v) is 6.64. The summed E-state index contributed by atoms with van der Waals surface area (Å²) in [5.74, 6) is -1.38. The second-order valence-electron chi connectivity index (χ2n) is 3.67. The van der Waals surface area contributed by atoms with Gasteiger partial charge in [0.25, 0.3) is 10.0 Å². The van der Waals surface area contributed by atoms with Gasteiger partial charge in [-0.15, -0.1) is 0 Å². The Morgan fingerprint density at radius 1 is 1.11 bits per heavy atom. The lowest BCUT2D eigenvalue weighted by Gasteiger charge is -2.10. The summed E-state index contributed by atoms with van der Waals surface area (Å²) in [5.41, 5.74) is 5.23. The Morgan fingerprint density at radius 3 is 2.47 bits per heavy atom. The van der Waals surface area contributed by atoms with E-state index in [9.17, 15) is 18.6 Å². The van der Waals surface area contributed by atoms with Gasteiger partial charge in [-0.1, -0.05) is 6.07 Å². The van der Waals surface area contributed by atoms with Crippen LogP contribution in [0.4, 0.5) is 11.5 Å². The number of pyridine rings is 1. The molecule has 2 rings (SSSR count). The number of anilines is 2. The summed E-state index contributed by atoms with van der Waals surface area (Å²) in [6, 6.07) is 6.96. The fourth-order valence-corrected chi connectivity index (χ4v) is 2.51. The monoisotopic (exact) mass is 281 g/mol. The van der Waals surface area contributed by atoms with Crippen LogP contribution in [0.1, 0.15) is 0 Å². The van der Waals surface area contributed by atoms with Crippen molar-refractivity contribution in [3.8, 4) is 11.5 Å². The Bertz CT molecular complexity index is 701. The first kappa shape index (κ1) is 13.0. The van der Waals surface area contributed by atoms with E-state index in [2.05, 4.69) is 9.71 Å². The molecule has 19 heavy (non-hydrogen) atoms. The van der Waals surface area contributed by atoms with Crippen molar-refractivity contribution in [2.45, 2.75) is 4.90 Å². The van der Waals surface area contributed by atoms with Crippen molar-refractivity contribution in [1.82, 2.24) is 4.98 Å². The molecule has 1 aromatic carbocycles. The van der Waals surface area contributed by atoms with Crippen molar-refractivity contribution in [3.05, 3.63) is 36.5 Å². The quantitative estimate of drug-likeness (QED) is 0.488. The highest BCUT2D eigenvalue weighted by Crippen LogP contribution is 2.37. The molecule has 0 amide bonds. The van der Waals surface area contributed by atoms with Gasteiger partial charge in [-0.05, 0) is 24.3 Å². The molecule has 0 bridgehead atoms. The Morgan fingerprint density at radius 2 is 1.84 bits per heavy atom. The minimum absolute atomic E-state index is 0.0956. The SMILES string of the molecule is Nc1ccc(S(=O)(=O)Nc2ccccn2)c(O)c1O. The van der Waals surface area contributed by atoms with E-state index in [0.717, 1.165) is 6.07 Å². The first-order valence-electron chi connectivity index (χ1n) is 5.16. The van der Waals surface area contributed by atoms with Crippen molar-refractivity contribution < 1.29 is 18.6 Å². The number of aromatic hydroxyl groups is 2. The van der Waals surface area contributed by atoms with Crippen molar-refractivity contribution in [3.63, 3.8) is 0 Å². The van der Waals surface area contributed by atoms with Gasteiger partial charge in [0.05, 0.1) is 5.69 Å². The predicted molar refractivity (Wildman–Crippen MR) is 69.2 cm³/mol. The molecule has 0 fully saturated rings. The second-order valence-corrected chi connectivity index (χ2v) is 5.32. The van der Waals surface area contributed by atoms with Crippen LogP contribution in [0.25, 0.3) is 0 Å². The maximum absolute atomic E-state index is 12.0. The van der Waals surface area contributed by atoms with E-state index in [1.165, 1.54) is 18.3 Å². The molecule has 0 radical (unpaired) electrons. The van der Waals surface area contributed by atoms with Crippen LogP contribution >= 0.6 is 0 Å². The number of aromatic nitrogens is 1. The van der Waals surface area contributed by atoms with Crippen molar-refractivity contribution in [2.24, 2.45) is 0 Å². The molecule has 0 spiro atoms. The highest BCUT2D eigenvalue weighted by atomic mass is 32.2. The van der Waals surface area contributed by atoms with Gasteiger partial charge in [-0.3, -0.25) is 4.72 Å². The Kier molecular flexibility index (Phi) is 3.17. The number of nitrogens with one attached hydrogen (secondary N) is 1. The summed E-state index contributed by atoms with van der Waals surface area (Å²) in [5, 5.41) is 19.1. The lowest BCUT2D eigenvalue weighted by atomic mass is 10.3. The molecule has 1 heterocycles. The molecule has 0 saturated heterocycles. The average molecular weight is 281 g/mol. The molecule has 100 valence electrons. The number of benzene rings is 1. The minimum atomic E-state index is -4.06. The van der Waals surface area contributed by atoms with Crippen molar-refractivity contribution in [2.75, 3.05) is 10.5 Å². The van der Waals surface area contributed by atoms with Crippen LogP contribution in [0.2, 0.25) is 0 Å². The highest BCUT2D eigenvalue weighted by Gasteiger charge is 2.22. The maximum atomic E-state index is 12.0. The fraction of sp³-hybridized carbons (Fsp3) is 0. The largest absolute Gasteiger partial charge is 0.503 e. The van der Waals surface area contributed by atoms with Crippen LogP contribution in [-0.2, 0) is 10.0 Å². The minimum Gasteiger partial charge on any atom is -0.503 e. The molecular formula is C11H11N3O4S. The number of sulfonamides is 1. The Labute approximate surface area is 109 Å². The summed E-state index contributed by atoms with van der Waals surface area (Å²) in [6.07, 6.45) is 1.41. The molecule has 0 unspecified atom stereocenters. The normalized spacial score (nSPS) is 11.2. The molecule has 0 atom stereocenters. The molecule has 0 aliphatic heterocycles. The van der Waals surface area contributed by atoms with E-state index in [1.54, 1.807) is 12.1 Å². The number of hydrogen-bond acceptors (Lipinski definition) is 6. The van der Waals surface area contributed by atoms with Gasteiger partial charge >= 0.3 is 0 Å². The fourth-order valence-electron chi connectivity index (χ4n) is 1.41. The van der Waals surface area contributed by atoms with Crippen LogP contribution in [-0.4, -0.2) is 23.6 Å². The molecule has 7 nitrogen and oxygen atoms in total. The predicted octanol–water partition coefficient (Wildman–Crippen LogP) is 0.876. The number of phenolic OH excluding ortho intramolecular Hbond substituents is 2. The zero-order valence-electron chi connectivity index (χ0n) is 9.61. The molecule has 2 aromatic rings. The van der Waals surface area contributed by atoms with Crippen LogP contribution in [0.3, 0.4) is 0 Å². The van der Waals surface area contributed by atoms with Gasteiger partial charge in [-0.2, -0.15) is 0 Å². The van der Waals surface area contributed by atoms with Crippen LogP contribution in [0.5, 0.6) is 11.5 Å². The third-order valence-corrected chi connectivity index (χ3v) is 3.73. The molecule has 0 saturated carbocycles. The number of phenols is 2. The standard InChI is InChI=1S/C11H11N3O4S/c12-7-4-5-8(11(16)10(7)15)19(17,18)14-9-3-1-2-6-13-9/h1-6,15-16H,12H2,(H,13,14). The van der Waals surface area contributed by atoms with Crippen LogP contribution in [0, 0.1) is 0 Å². The lowest BCUT2D eigenvalue weighted by molar-refractivity contribution is 0.395. The zero-order valence-corrected chi connectivity index (χ0v) is 10.4. The number of nitrogens with zero attached hydrogens (tertiary/aromatic N) is 1. The van der Waals surface area contributed by atoms with Crippen molar-refractivity contribution in [1.29, 1.82) is 0 Å². The summed E-state index contributed by atoms with van der Waals surface area (Å²) >= 11 is 0. The van der Waals surface area contributed by atoms with Gasteiger partial charge < -0.3 is 15.9 Å². The third-order valence-electron chi connectivity index (χ3n) is 2.34. The number of nitrogen functional groups attached to an aromatic ring is 1. The number of rotatable bonds is 3. The number of nitrogens with two attached hydrogens (primary N) is 1. The van der Waals surface area contributed by atoms with E-state index >= 15 is 0 Å². The van der Waals surface area contributed by atoms with E-state index in [1.807, 2.05) is 0 Å². The summed E-state index contributed by atoms with van der Waals surface area (Å²) < 4.78 is 26.2. The van der Waals surface area contributed by atoms with Crippen molar-refractivity contribution >= 4 is 21.5 Å². The summed E-state index contributed by atoms with van der Waals surface area (Å²) in [6.45, 7) is 0. The average Bonchev–Trinajstić information content (AvgIpc) is 2.36. The molecule has 1 aromatic heterocycles. The topological polar surface area (TPSA) is 126 Å². The molecular weight excluding hydrogens is 270 g/mol. The van der Waals surface area contributed by atoms with Gasteiger partial charge in [0.1, 0.15) is 10.7 Å². The van der Waals surface area contributed by atoms with E-state index in [4.69, 9.17) is 5.73 Å². The van der Waals surface area contributed by atoms with Crippen LogP contribution < -0.4 is 10.5 Å². The smallest absolute Gasteiger partial charge is 0.266 e.